The van der Waals surface area contributed by atoms with Crippen LogP contribution in [0.4, 0.5) is 5.82 Å². The lowest BCUT2D eigenvalue weighted by atomic mass is 9.98. The number of fused-ring (bicyclic) bond motifs is 1. The molecule has 3 unspecified atom stereocenters. The summed E-state index contributed by atoms with van der Waals surface area (Å²) in [6, 6.07) is 3.86. The van der Waals surface area contributed by atoms with E-state index in [1.165, 1.54) is 6.07 Å². The van der Waals surface area contributed by atoms with Gasteiger partial charge in [-0.1, -0.05) is 23.2 Å². The van der Waals surface area contributed by atoms with Crippen LogP contribution in [0.1, 0.15) is 29.8 Å². The first-order valence-electron chi connectivity index (χ1n) is 7.40. The first-order valence-corrected chi connectivity index (χ1v) is 8.15. The van der Waals surface area contributed by atoms with Crippen molar-refractivity contribution in [2.45, 2.75) is 32.7 Å². The van der Waals surface area contributed by atoms with Gasteiger partial charge >= 0.3 is 5.91 Å². The summed E-state index contributed by atoms with van der Waals surface area (Å²) in [4.78, 5) is 12.1. The summed E-state index contributed by atoms with van der Waals surface area (Å²) in [5.74, 6) is -0.371. The highest BCUT2D eigenvalue weighted by molar-refractivity contribution is 6.35. The molecule has 1 aliphatic heterocycles. The molecule has 0 saturated heterocycles. The summed E-state index contributed by atoms with van der Waals surface area (Å²) in [6.45, 7) is 4.12. The van der Waals surface area contributed by atoms with Gasteiger partial charge in [-0.15, -0.1) is 0 Å². The Morgan fingerprint density at radius 3 is 2.79 bits per heavy atom. The number of carbonyl (C=O) groups is 1. The zero-order chi connectivity index (χ0) is 17.6. The number of aromatic nitrogens is 2. The van der Waals surface area contributed by atoms with Gasteiger partial charge in [0, 0.05) is 17.1 Å². The fraction of sp³-hybridized carbons (Fsp3) is 0.333. The van der Waals surface area contributed by atoms with Crippen LogP contribution in [-0.2, 0) is 11.3 Å². The SMILES string of the molecule is CCn1nc(C)c2c1NC(=O)C(O)[NH+]([O-])C2c1ccc(Cl)cc1Cl. The number of amides is 1. The highest BCUT2D eigenvalue weighted by Crippen LogP contribution is 2.35. The van der Waals surface area contributed by atoms with Crippen LogP contribution < -0.4 is 10.4 Å². The van der Waals surface area contributed by atoms with Crippen LogP contribution >= 0.6 is 23.2 Å². The Morgan fingerprint density at radius 1 is 1.46 bits per heavy atom. The van der Waals surface area contributed by atoms with Gasteiger partial charge in [0.05, 0.1) is 16.3 Å². The molecule has 1 amide bonds. The number of hydrogen-bond acceptors (Lipinski definition) is 4. The quantitative estimate of drug-likeness (QED) is 0.693. The maximum atomic E-state index is 12.8. The van der Waals surface area contributed by atoms with Crippen molar-refractivity contribution in [1.29, 1.82) is 0 Å². The molecular weight excluding hydrogens is 355 g/mol. The van der Waals surface area contributed by atoms with Crippen molar-refractivity contribution in [3.8, 4) is 0 Å². The van der Waals surface area contributed by atoms with Gasteiger partial charge in [0.1, 0.15) is 11.9 Å². The number of nitrogens with one attached hydrogen (secondary N) is 2. The Hall–Kier alpha value is -1.64. The van der Waals surface area contributed by atoms with Gasteiger partial charge in [0.15, 0.2) is 0 Å². The molecule has 1 aliphatic rings. The molecular formula is C15H16Cl2N4O3. The minimum Gasteiger partial charge on any atom is -0.631 e. The summed E-state index contributed by atoms with van der Waals surface area (Å²) in [7, 11) is 0. The Labute approximate surface area is 148 Å². The molecule has 2 aromatic rings. The van der Waals surface area contributed by atoms with Crippen molar-refractivity contribution in [2.75, 3.05) is 5.32 Å². The molecule has 7 nitrogen and oxygen atoms in total. The topological polar surface area (TPSA) is 94.7 Å². The lowest BCUT2D eigenvalue weighted by molar-refractivity contribution is -0.913. The van der Waals surface area contributed by atoms with E-state index in [4.69, 9.17) is 23.2 Å². The van der Waals surface area contributed by atoms with Crippen LogP contribution in [0.2, 0.25) is 10.0 Å². The number of quaternary nitrogens is 1. The smallest absolute Gasteiger partial charge is 0.313 e. The van der Waals surface area contributed by atoms with Crippen LogP contribution in [0, 0.1) is 12.1 Å². The Bertz CT molecular complexity index is 808. The number of rotatable bonds is 2. The molecule has 0 bridgehead atoms. The number of aliphatic hydroxyl groups is 1. The first kappa shape index (κ1) is 17.2. The minimum atomic E-state index is -1.78. The highest BCUT2D eigenvalue weighted by Gasteiger charge is 2.40. The number of hydrogen-bond donors (Lipinski definition) is 3. The molecule has 1 aromatic carbocycles. The molecule has 2 heterocycles. The molecule has 24 heavy (non-hydrogen) atoms. The van der Waals surface area contributed by atoms with Gasteiger partial charge in [0.2, 0.25) is 0 Å². The lowest BCUT2D eigenvalue weighted by Gasteiger charge is -2.32. The second kappa shape index (κ2) is 6.34. The normalized spacial score (nSPS) is 23.6. The molecule has 3 rings (SSSR count). The van der Waals surface area contributed by atoms with Crippen molar-refractivity contribution >= 4 is 34.9 Å². The summed E-state index contributed by atoms with van der Waals surface area (Å²) in [5.41, 5.74) is 1.60. The molecule has 3 atom stereocenters. The Balaban J connectivity index is 2.27. The third-order valence-electron chi connectivity index (χ3n) is 4.08. The highest BCUT2D eigenvalue weighted by atomic mass is 35.5. The van der Waals surface area contributed by atoms with Crippen molar-refractivity contribution in [2.24, 2.45) is 0 Å². The summed E-state index contributed by atoms with van der Waals surface area (Å²) < 4.78 is 1.59. The maximum absolute atomic E-state index is 12.8. The third-order valence-corrected chi connectivity index (χ3v) is 4.64. The van der Waals surface area contributed by atoms with Crippen molar-refractivity contribution in [3.63, 3.8) is 0 Å². The molecule has 128 valence electrons. The molecule has 9 heteroatoms. The van der Waals surface area contributed by atoms with E-state index in [9.17, 15) is 15.1 Å². The second-order valence-electron chi connectivity index (χ2n) is 5.56. The number of carbonyl (C=O) groups excluding carboxylic acids is 1. The van der Waals surface area contributed by atoms with E-state index in [0.29, 0.717) is 34.2 Å². The van der Waals surface area contributed by atoms with Crippen LogP contribution in [-0.4, -0.2) is 27.0 Å². The largest absolute Gasteiger partial charge is 0.631 e. The van der Waals surface area contributed by atoms with Crippen LogP contribution in [0.25, 0.3) is 0 Å². The predicted molar refractivity (Wildman–Crippen MR) is 89.9 cm³/mol. The zero-order valence-electron chi connectivity index (χ0n) is 13.0. The van der Waals surface area contributed by atoms with E-state index < -0.39 is 23.2 Å². The number of aryl methyl sites for hydroxylation is 2. The van der Waals surface area contributed by atoms with Crippen LogP contribution in [0.3, 0.4) is 0 Å². The van der Waals surface area contributed by atoms with E-state index >= 15 is 0 Å². The molecule has 0 saturated carbocycles. The number of anilines is 1. The number of hydroxylamine groups is 2. The molecule has 0 radical (unpaired) electrons. The summed E-state index contributed by atoms with van der Waals surface area (Å²) in [6.07, 6.45) is -1.78. The fourth-order valence-electron chi connectivity index (χ4n) is 2.96. The van der Waals surface area contributed by atoms with E-state index in [-0.39, 0.29) is 5.02 Å². The standard InChI is InChI=1S/C15H16Cl2N4O3/c1-3-20-13-11(7(2)19-20)12(21(24)15(23)14(22)18-13)9-5-4-8(16)6-10(9)17/h4-6,12,15,21,23H,3H2,1-2H3,(H,18,22). The minimum absolute atomic E-state index is 0.289. The fourth-order valence-corrected chi connectivity index (χ4v) is 3.48. The van der Waals surface area contributed by atoms with Crippen molar-refractivity contribution in [3.05, 3.63) is 50.3 Å². The van der Waals surface area contributed by atoms with E-state index in [0.717, 1.165) is 0 Å². The molecule has 0 aliphatic carbocycles. The zero-order valence-corrected chi connectivity index (χ0v) is 14.5. The van der Waals surface area contributed by atoms with Gasteiger partial charge in [-0.3, -0.25) is 4.79 Å². The van der Waals surface area contributed by atoms with Crippen molar-refractivity contribution in [1.82, 2.24) is 9.78 Å². The Morgan fingerprint density at radius 2 is 2.17 bits per heavy atom. The number of nitrogens with zero attached hydrogens (tertiary/aromatic N) is 2. The van der Waals surface area contributed by atoms with Gasteiger partial charge in [-0.05, 0) is 32.0 Å². The Kier molecular flexibility index (Phi) is 4.54. The van der Waals surface area contributed by atoms with E-state index in [2.05, 4.69) is 10.4 Å². The van der Waals surface area contributed by atoms with Crippen LogP contribution in [0.15, 0.2) is 18.2 Å². The number of halogens is 2. The molecule has 1 aromatic heterocycles. The monoisotopic (exact) mass is 370 g/mol. The number of aliphatic hydroxyl groups excluding tert-OH is 1. The van der Waals surface area contributed by atoms with Crippen LogP contribution in [0.5, 0.6) is 0 Å². The summed E-state index contributed by atoms with van der Waals surface area (Å²) in [5, 5.41) is 29.9. The summed E-state index contributed by atoms with van der Waals surface area (Å²) >= 11 is 12.2. The third kappa shape index (κ3) is 2.68. The van der Waals surface area contributed by atoms with Gasteiger partial charge in [-0.25, -0.2) is 4.68 Å². The van der Waals surface area contributed by atoms with E-state index in [1.807, 2.05) is 6.92 Å². The average Bonchev–Trinajstić information content (AvgIpc) is 2.79. The lowest BCUT2D eigenvalue weighted by Crippen LogP contribution is -3.13. The molecule has 0 spiro atoms. The predicted octanol–water partition coefficient (Wildman–Crippen LogP) is 1.26. The van der Waals surface area contributed by atoms with Gasteiger partial charge < -0.3 is 20.7 Å². The molecule has 0 fully saturated rings. The second-order valence-corrected chi connectivity index (χ2v) is 6.40. The first-order chi connectivity index (χ1) is 11.3. The van der Waals surface area contributed by atoms with Gasteiger partial charge in [0.25, 0.3) is 6.23 Å². The van der Waals surface area contributed by atoms with E-state index in [1.54, 1.807) is 23.7 Å². The molecule has 3 N–H and O–H groups in total. The maximum Gasteiger partial charge on any atom is 0.313 e. The number of benzene rings is 1. The van der Waals surface area contributed by atoms with Crippen molar-refractivity contribution < 1.29 is 15.0 Å². The average molecular weight is 371 g/mol. The van der Waals surface area contributed by atoms with Gasteiger partial charge in [-0.2, -0.15) is 5.10 Å².